The molecule has 0 spiro atoms. The van der Waals surface area contributed by atoms with Crippen LogP contribution in [0.3, 0.4) is 0 Å². The highest BCUT2D eigenvalue weighted by Crippen LogP contribution is 2.12. The van der Waals surface area contributed by atoms with Crippen molar-refractivity contribution in [2.45, 2.75) is 19.1 Å². The zero-order chi connectivity index (χ0) is 18.4. The van der Waals surface area contributed by atoms with Crippen molar-refractivity contribution in [3.63, 3.8) is 0 Å². The van der Waals surface area contributed by atoms with Gasteiger partial charge in [0.25, 0.3) is 5.56 Å². The van der Waals surface area contributed by atoms with Crippen molar-refractivity contribution in [3.05, 3.63) is 75.1 Å². The smallest absolute Gasteiger partial charge is 0.255 e. The summed E-state index contributed by atoms with van der Waals surface area (Å²) in [6, 6.07) is 3.46. The summed E-state index contributed by atoms with van der Waals surface area (Å²) >= 11 is 1.76. The Hall–Kier alpha value is -2.81. The van der Waals surface area contributed by atoms with Crippen molar-refractivity contribution in [1.29, 1.82) is 0 Å². The molecule has 0 radical (unpaired) electrons. The largest absolute Gasteiger partial charge is 0.619 e. The first-order chi connectivity index (χ1) is 12.6. The van der Waals surface area contributed by atoms with Crippen molar-refractivity contribution in [2.75, 3.05) is 17.6 Å². The van der Waals surface area contributed by atoms with Gasteiger partial charge < -0.3 is 15.5 Å². The first-order valence-electron chi connectivity index (χ1n) is 8.18. The lowest BCUT2D eigenvalue weighted by Gasteiger charge is -2.06. The van der Waals surface area contributed by atoms with Crippen LogP contribution in [0, 0.1) is 12.1 Å². The van der Waals surface area contributed by atoms with Gasteiger partial charge in [0.15, 0.2) is 12.4 Å². The standard InChI is InChI=1S/C17H20N6O2S/c1-12-15(21-11-20-12)10-26-6-4-18-17-19-8-14(16(24)22-17)7-13-3-2-5-23(25)9-13/h2-3,5,8-9,11H,4,6-7,10H2,1H3,(H,20,21)(H2,18,19,22,24). The molecule has 0 aliphatic rings. The molecule has 26 heavy (non-hydrogen) atoms. The number of nitrogens with zero attached hydrogens (tertiary/aromatic N) is 3. The number of anilines is 1. The normalized spacial score (nSPS) is 10.8. The number of hydrogen-bond acceptors (Lipinski definition) is 6. The molecule has 3 aromatic rings. The van der Waals surface area contributed by atoms with Crippen LogP contribution in [0.5, 0.6) is 0 Å². The summed E-state index contributed by atoms with van der Waals surface area (Å²) in [6.07, 6.45) is 6.47. The number of hydrogen-bond donors (Lipinski definition) is 3. The van der Waals surface area contributed by atoms with Gasteiger partial charge in [-0.25, -0.2) is 9.97 Å². The third-order valence-electron chi connectivity index (χ3n) is 3.82. The van der Waals surface area contributed by atoms with Crippen LogP contribution in [0.25, 0.3) is 0 Å². The van der Waals surface area contributed by atoms with Crippen LogP contribution in [0.4, 0.5) is 5.95 Å². The second-order valence-electron chi connectivity index (χ2n) is 5.79. The number of imidazole rings is 1. The molecule has 0 saturated carbocycles. The fraction of sp³-hybridized carbons (Fsp3) is 0.294. The van der Waals surface area contributed by atoms with Gasteiger partial charge in [-0.2, -0.15) is 16.5 Å². The molecule has 3 heterocycles. The third kappa shape index (κ3) is 4.85. The number of aryl methyl sites for hydroxylation is 1. The van der Waals surface area contributed by atoms with Crippen LogP contribution in [-0.4, -0.2) is 32.2 Å². The Morgan fingerprint density at radius 1 is 1.38 bits per heavy atom. The van der Waals surface area contributed by atoms with Gasteiger partial charge in [-0.3, -0.25) is 9.78 Å². The van der Waals surface area contributed by atoms with E-state index in [1.54, 1.807) is 36.4 Å². The molecular formula is C17H20N6O2S. The van der Waals surface area contributed by atoms with E-state index >= 15 is 0 Å². The molecule has 9 heteroatoms. The predicted molar refractivity (Wildman–Crippen MR) is 101 cm³/mol. The molecule has 0 aliphatic heterocycles. The minimum absolute atomic E-state index is 0.205. The van der Waals surface area contributed by atoms with Crippen molar-refractivity contribution in [2.24, 2.45) is 0 Å². The molecule has 3 N–H and O–H groups in total. The number of pyridine rings is 1. The van der Waals surface area contributed by atoms with E-state index in [1.165, 1.54) is 12.4 Å². The van der Waals surface area contributed by atoms with Gasteiger partial charge in [-0.1, -0.05) is 0 Å². The Labute approximate surface area is 154 Å². The van der Waals surface area contributed by atoms with E-state index in [4.69, 9.17) is 0 Å². The van der Waals surface area contributed by atoms with E-state index in [2.05, 4.69) is 25.3 Å². The first-order valence-corrected chi connectivity index (χ1v) is 9.33. The summed E-state index contributed by atoms with van der Waals surface area (Å²) in [7, 11) is 0. The lowest BCUT2D eigenvalue weighted by atomic mass is 10.1. The molecule has 8 nitrogen and oxygen atoms in total. The van der Waals surface area contributed by atoms with Gasteiger partial charge in [-0.05, 0) is 13.0 Å². The molecule has 0 fully saturated rings. The number of rotatable bonds is 8. The maximum absolute atomic E-state index is 12.2. The van der Waals surface area contributed by atoms with Crippen molar-refractivity contribution < 1.29 is 4.73 Å². The Morgan fingerprint density at radius 3 is 3.00 bits per heavy atom. The van der Waals surface area contributed by atoms with Gasteiger partial charge in [-0.15, -0.1) is 0 Å². The highest BCUT2D eigenvalue weighted by Gasteiger charge is 2.06. The second-order valence-corrected chi connectivity index (χ2v) is 6.89. The number of nitrogens with one attached hydrogen (secondary N) is 3. The maximum atomic E-state index is 12.2. The molecule has 0 aromatic carbocycles. The Bertz CT molecular complexity index is 923. The molecule has 3 rings (SSSR count). The minimum atomic E-state index is -0.205. The fourth-order valence-corrected chi connectivity index (χ4v) is 3.28. The summed E-state index contributed by atoms with van der Waals surface area (Å²) in [5.41, 5.74) is 3.23. The summed E-state index contributed by atoms with van der Waals surface area (Å²) in [4.78, 5) is 26.5. The molecule has 3 aromatic heterocycles. The van der Waals surface area contributed by atoms with Gasteiger partial charge in [0, 0.05) is 53.6 Å². The quantitative estimate of drug-likeness (QED) is 0.313. The van der Waals surface area contributed by atoms with E-state index in [0.29, 0.717) is 24.5 Å². The number of aromatic amines is 2. The minimum Gasteiger partial charge on any atom is -0.619 e. The predicted octanol–water partition coefficient (Wildman–Crippen LogP) is 1.37. The molecule has 0 aliphatic carbocycles. The van der Waals surface area contributed by atoms with E-state index < -0.39 is 0 Å². The average molecular weight is 372 g/mol. The van der Waals surface area contributed by atoms with E-state index in [1.807, 2.05) is 6.92 Å². The van der Waals surface area contributed by atoms with Crippen LogP contribution in [0.2, 0.25) is 0 Å². The average Bonchev–Trinajstić information content (AvgIpc) is 3.02. The first kappa shape index (κ1) is 18.0. The lowest BCUT2D eigenvalue weighted by molar-refractivity contribution is -0.605. The lowest BCUT2D eigenvalue weighted by Crippen LogP contribution is -2.25. The highest BCUT2D eigenvalue weighted by molar-refractivity contribution is 7.98. The van der Waals surface area contributed by atoms with E-state index in [-0.39, 0.29) is 5.56 Å². The van der Waals surface area contributed by atoms with Crippen LogP contribution in [0.15, 0.2) is 41.8 Å². The van der Waals surface area contributed by atoms with Gasteiger partial charge in [0.1, 0.15) is 0 Å². The molecule has 136 valence electrons. The highest BCUT2D eigenvalue weighted by atomic mass is 32.2. The third-order valence-corrected chi connectivity index (χ3v) is 4.79. The monoisotopic (exact) mass is 372 g/mol. The van der Waals surface area contributed by atoms with Crippen LogP contribution >= 0.6 is 11.8 Å². The second kappa shape index (κ2) is 8.52. The molecule has 0 bridgehead atoms. The van der Waals surface area contributed by atoms with Gasteiger partial charge >= 0.3 is 0 Å². The topological polar surface area (TPSA) is 113 Å². The van der Waals surface area contributed by atoms with E-state index in [9.17, 15) is 10.0 Å². The molecule has 0 amide bonds. The molecule has 0 atom stereocenters. The summed E-state index contributed by atoms with van der Waals surface area (Å²) < 4.78 is 0.717. The molecule has 0 unspecified atom stereocenters. The number of aromatic nitrogens is 5. The summed E-state index contributed by atoms with van der Waals surface area (Å²) in [5.74, 6) is 2.16. The number of thioether (sulfide) groups is 1. The van der Waals surface area contributed by atoms with Crippen molar-refractivity contribution in [1.82, 2.24) is 19.9 Å². The summed E-state index contributed by atoms with van der Waals surface area (Å²) in [5, 5.41) is 14.4. The SMILES string of the molecule is Cc1[nH]cnc1CSCCNc1ncc(Cc2ccc[n+]([O-])c2)c(=O)[nH]1. The Balaban J connectivity index is 1.48. The van der Waals surface area contributed by atoms with E-state index in [0.717, 1.165) is 33.2 Å². The molecule has 0 saturated heterocycles. The van der Waals surface area contributed by atoms with Crippen molar-refractivity contribution >= 4 is 17.7 Å². The zero-order valence-electron chi connectivity index (χ0n) is 14.4. The summed E-state index contributed by atoms with van der Waals surface area (Å²) in [6.45, 7) is 2.69. The Morgan fingerprint density at radius 2 is 2.27 bits per heavy atom. The maximum Gasteiger partial charge on any atom is 0.255 e. The van der Waals surface area contributed by atoms with Gasteiger partial charge in [0.05, 0.1) is 12.0 Å². The number of H-pyrrole nitrogens is 2. The van der Waals surface area contributed by atoms with Gasteiger partial charge in [0.2, 0.25) is 5.95 Å². The fourth-order valence-electron chi connectivity index (χ4n) is 2.41. The van der Waals surface area contributed by atoms with Crippen molar-refractivity contribution in [3.8, 4) is 0 Å². The van der Waals surface area contributed by atoms with Crippen LogP contribution in [-0.2, 0) is 12.2 Å². The van der Waals surface area contributed by atoms with Crippen LogP contribution in [0.1, 0.15) is 22.5 Å². The molecular weight excluding hydrogens is 352 g/mol. The zero-order valence-corrected chi connectivity index (χ0v) is 15.2. The Kier molecular flexibility index (Phi) is 5.90. The van der Waals surface area contributed by atoms with Crippen LogP contribution < -0.4 is 15.6 Å².